The monoisotopic (exact) mass is 209 g/mol. The highest BCUT2D eigenvalue weighted by Gasteiger charge is 2.22. The normalized spacial score (nSPS) is 20.7. The third-order valence-corrected chi connectivity index (χ3v) is 13.9. The van der Waals surface area contributed by atoms with Crippen LogP contribution in [0.2, 0.25) is 0 Å². The van der Waals surface area contributed by atoms with Crippen molar-refractivity contribution in [2.75, 3.05) is 0 Å². The quantitative estimate of drug-likeness (QED) is 0.453. The van der Waals surface area contributed by atoms with E-state index in [9.17, 15) is 0 Å². The maximum Gasteiger partial charge on any atom is 0.330 e. The molecule has 0 aromatic heterocycles. The maximum absolute atomic E-state index is 8.73. The van der Waals surface area contributed by atoms with E-state index in [2.05, 4.69) is 48.1 Å². The van der Waals surface area contributed by atoms with Crippen molar-refractivity contribution >= 4 is 58.9 Å². The molecule has 2 unspecified atom stereocenters. The van der Waals surface area contributed by atoms with Crippen molar-refractivity contribution in [1.82, 2.24) is 0 Å². The van der Waals surface area contributed by atoms with Gasteiger partial charge in [0, 0.05) is 0 Å². The molecule has 0 saturated carbocycles. The van der Waals surface area contributed by atoms with Crippen molar-refractivity contribution < 1.29 is 4.89 Å². The molecule has 0 saturated heterocycles. The standard InChI is InChI=1S/H2OP2S4/c1-3(6,7)2(4)5/h(H2-,1,4,5,6,7)/p+1. The Bertz CT molecular complexity index is 122. The Morgan fingerprint density at radius 2 is 1.86 bits per heavy atom. The summed E-state index contributed by atoms with van der Waals surface area (Å²) >= 11 is 16.5. The fourth-order valence-electron chi connectivity index (χ4n) is 0. The topological polar surface area (TPSA) is 20.2 Å². The Hall–Kier alpha value is 1.83. The van der Waals surface area contributed by atoms with Gasteiger partial charge in [0.2, 0.25) is 0 Å². The largest absolute Gasteiger partial charge is 0.330 e. The molecule has 0 aliphatic heterocycles. The molecule has 0 fully saturated rings. The average Bonchev–Trinajstić information content (AvgIpc) is 1.31. The van der Waals surface area contributed by atoms with Crippen LogP contribution in [0.4, 0.5) is 0 Å². The van der Waals surface area contributed by atoms with Crippen LogP contribution in [0.25, 0.3) is 0 Å². The van der Waals surface area contributed by atoms with Gasteiger partial charge in [-0.15, -0.1) is 0 Å². The first-order valence-electron chi connectivity index (χ1n) is 1.17. The van der Waals surface area contributed by atoms with Crippen LogP contribution in [0.5, 0.6) is 0 Å². The van der Waals surface area contributed by atoms with Crippen molar-refractivity contribution in [1.29, 1.82) is 0 Å². The predicted molar refractivity (Wildman–Crippen MR) is 48.8 cm³/mol. The molecule has 0 aromatic rings. The summed E-state index contributed by atoms with van der Waals surface area (Å²) in [5, 5.41) is -2.47. The van der Waals surface area contributed by atoms with Crippen LogP contribution in [0.1, 0.15) is 0 Å². The minimum atomic E-state index is -2.47. The molecule has 0 aliphatic rings. The summed E-state index contributed by atoms with van der Waals surface area (Å²) in [5.74, 6) is 0. The van der Waals surface area contributed by atoms with Crippen LogP contribution in [-0.2, 0) is 23.6 Å². The second kappa shape index (κ2) is 3.11. The van der Waals surface area contributed by atoms with Gasteiger partial charge in [-0.2, -0.15) is 0 Å². The van der Waals surface area contributed by atoms with Gasteiger partial charge < -0.3 is 4.89 Å². The highest BCUT2D eigenvalue weighted by molar-refractivity contribution is 9.00. The van der Waals surface area contributed by atoms with Gasteiger partial charge in [-0.25, -0.2) is 0 Å². The van der Waals surface area contributed by atoms with Crippen LogP contribution in [0.15, 0.2) is 0 Å². The fourth-order valence-corrected chi connectivity index (χ4v) is 0. The van der Waals surface area contributed by atoms with E-state index < -0.39 is 10.7 Å². The average molecular weight is 209 g/mol. The third-order valence-electron chi connectivity index (χ3n) is 0.223. The van der Waals surface area contributed by atoms with E-state index >= 15 is 0 Å². The van der Waals surface area contributed by atoms with Crippen LogP contribution >= 0.6 is 35.2 Å². The van der Waals surface area contributed by atoms with Crippen molar-refractivity contribution in [3.8, 4) is 0 Å². The van der Waals surface area contributed by atoms with Gasteiger partial charge in [0.1, 0.15) is 0 Å². The molecule has 0 heterocycles. The molecule has 7 heteroatoms. The van der Waals surface area contributed by atoms with Crippen molar-refractivity contribution in [2.45, 2.75) is 0 Å². The highest BCUT2D eigenvalue weighted by Crippen LogP contribution is 2.71. The van der Waals surface area contributed by atoms with Gasteiger partial charge in [-0.1, -0.05) is 12.2 Å². The molecular weight excluding hydrogens is 206 g/mol. The zero-order valence-electron chi connectivity index (χ0n) is 3.05. The Morgan fingerprint density at radius 3 is 1.86 bits per heavy atom. The molecule has 1 nitrogen and oxygen atoms in total. The lowest BCUT2D eigenvalue weighted by Gasteiger charge is -1.86. The van der Waals surface area contributed by atoms with E-state index in [0.717, 1.165) is 0 Å². The van der Waals surface area contributed by atoms with Crippen LogP contribution in [0.3, 0.4) is 0 Å². The van der Waals surface area contributed by atoms with Gasteiger partial charge in [0.25, 0.3) is 0 Å². The molecule has 0 aliphatic carbocycles. The van der Waals surface area contributed by atoms with E-state index in [1.54, 1.807) is 0 Å². The molecule has 0 bridgehead atoms. The summed E-state index contributed by atoms with van der Waals surface area (Å²) in [6.07, 6.45) is 0. The van der Waals surface area contributed by atoms with E-state index in [0.29, 0.717) is 0 Å². The SMILES string of the molecule is OP(=S)(S)[P+](=S)S. The Labute approximate surface area is 63.6 Å². The van der Waals surface area contributed by atoms with Crippen LogP contribution < -0.4 is 0 Å². The van der Waals surface area contributed by atoms with Crippen LogP contribution in [-0.4, -0.2) is 4.89 Å². The van der Waals surface area contributed by atoms with Crippen molar-refractivity contribution in [2.24, 2.45) is 0 Å². The number of thiol groups is 2. The van der Waals surface area contributed by atoms with E-state index in [-0.39, 0.29) is 0 Å². The van der Waals surface area contributed by atoms with Gasteiger partial charge in [0.05, 0.1) is 12.2 Å². The van der Waals surface area contributed by atoms with E-state index in [1.165, 1.54) is 0 Å². The van der Waals surface area contributed by atoms with Gasteiger partial charge in [-0.3, -0.25) is 0 Å². The van der Waals surface area contributed by atoms with E-state index in [4.69, 9.17) is 4.89 Å². The van der Waals surface area contributed by atoms with Crippen molar-refractivity contribution in [3.63, 3.8) is 0 Å². The zero-order valence-corrected chi connectivity index (χ0v) is 8.26. The second-order valence-corrected chi connectivity index (χ2v) is 16.0. The molecule has 0 amide bonds. The second-order valence-electron chi connectivity index (χ2n) is 0.766. The minimum absolute atomic E-state index is 1.12. The zero-order chi connectivity index (χ0) is 6.08. The Balaban J connectivity index is 4.09. The molecule has 7 heavy (non-hydrogen) atoms. The molecule has 2 atom stereocenters. The van der Waals surface area contributed by atoms with E-state index in [1.807, 2.05) is 0 Å². The molecule has 1 N–H and O–H groups in total. The number of hydrogen-bond acceptors (Lipinski definition) is 2. The van der Waals surface area contributed by atoms with Crippen molar-refractivity contribution in [3.05, 3.63) is 0 Å². The minimum Gasteiger partial charge on any atom is -0.323 e. The van der Waals surface area contributed by atoms with Crippen LogP contribution in [0, 0.1) is 0 Å². The molecule has 0 radical (unpaired) electrons. The summed E-state index contributed by atoms with van der Waals surface area (Å²) in [7, 11) is 0. The summed E-state index contributed by atoms with van der Waals surface area (Å²) in [6.45, 7) is 0. The first kappa shape index (κ1) is 8.83. The first-order chi connectivity index (χ1) is 2.94. The van der Waals surface area contributed by atoms with Gasteiger partial charge >= 0.3 is 10.7 Å². The lowest BCUT2D eigenvalue weighted by atomic mass is 15.9. The maximum atomic E-state index is 8.73. The molecular formula is H3OP2S4+. The summed E-state index contributed by atoms with van der Waals surface area (Å²) < 4.78 is 0. The lowest BCUT2D eigenvalue weighted by Crippen LogP contribution is -1.46. The smallest absolute Gasteiger partial charge is 0.323 e. The summed E-state index contributed by atoms with van der Waals surface area (Å²) in [4.78, 5) is 8.73. The highest BCUT2D eigenvalue weighted by atomic mass is 33.3. The van der Waals surface area contributed by atoms with Gasteiger partial charge in [-0.05, 0) is 11.8 Å². The Morgan fingerprint density at radius 1 is 1.71 bits per heavy atom. The summed E-state index contributed by atoms with van der Waals surface area (Å²) in [5.41, 5.74) is -1.12. The molecule has 42 valence electrons. The third kappa shape index (κ3) is 4.34. The number of rotatable bonds is 1. The van der Waals surface area contributed by atoms with Gasteiger partial charge in [0.15, 0.2) is 11.8 Å². The molecule has 0 aromatic carbocycles. The number of hydrogen-bond donors (Lipinski definition) is 3. The molecule has 0 spiro atoms. The molecule has 0 rings (SSSR count). The predicted octanol–water partition coefficient (Wildman–Crippen LogP) is 1.92. The lowest BCUT2D eigenvalue weighted by molar-refractivity contribution is 0.654. The Kier molecular flexibility index (Phi) is 3.93. The summed E-state index contributed by atoms with van der Waals surface area (Å²) in [6, 6.07) is 0. The first-order valence-corrected chi connectivity index (χ1v) is 9.29. The fraction of sp³-hybridized carbons (Fsp3) is 0.